The van der Waals surface area contributed by atoms with E-state index in [2.05, 4.69) is 121 Å². The van der Waals surface area contributed by atoms with Crippen molar-refractivity contribution in [3.8, 4) is 0 Å². The van der Waals surface area contributed by atoms with E-state index in [1.807, 2.05) is 0 Å². The summed E-state index contributed by atoms with van der Waals surface area (Å²) in [4.78, 5) is 16.3. The number of nitrogens with zero attached hydrogens (tertiary/aromatic N) is 2. The molecule has 1 aromatic heterocycles. The maximum Gasteiger partial charge on any atom is 0.223 e. The van der Waals surface area contributed by atoms with Crippen LogP contribution >= 0.6 is 0 Å². The molecule has 0 radical (unpaired) electrons. The zero-order valence-corrected chi connectivity index (χ0v) is 22.4. The summed E-state index contributed by atoms with van der Waals surface area (Å²) >= 11 is 0. The lowest BCUT2D eigenvalue weighted by Gasteiger charge is -2.39. The molecule has 4 aromatic rings. The van der Waals surface area contributed by atoms with Gasteiger partial charge in [-0.05, 0) is 52.8 Å². The second kappa shape index (κ2) is 9.20. The maximum atomic E-state index is 14.1. The van der Waals surface area contributed by atoms with E-state index in [4.69, 9.17) is 0 Å². The predicted molar refractivity (Wildman–Crippen MR) is 152 cm³/mol. The molecule has 1 aliphatic heterocycles. The molecule has 2 aliphatic rings. The summed E-state index contributed by atoms with van der Waals surface area (Å²) in [5.74, 6) is 0.331. The molecule has 2 bridgehead atoms. The SMILES string of the molecule is CC1(C)CC2CC(C)(CN2C(=O)CC(c2ccccc2)c2cn(Cc3ccccc3)c3ccccc23)C1. The molecule has 1 saturated heterocycles. The number of hydrogen-bond acceptors (Lipinski definition) is 1. The van der Waals surface area contributed by atoms with Crippen LogP contribution in [0.25, 0.3) is 10.9 Å². The fraction of sp³-hybridized carbons (Fsp3) is 0.382. The lowest BCUT2D eigenvalue weighted by atomic mass is 9.65. The molecule has 3 aromatic carbocycles. The van der Waals surface area contributed by atoms with E-state index in [9.17, 15) is 4.79 Å². The van der Waals surface area contributed by atoms with E-state index >= 15 is 0 Å². The lowest BCUT2D eigenvalue weighted by molar-refractivity contribution is -0.132. The molecule has 2 fully saturated rings. The van der Waals surface area contributed by atoms with Gasteiger partial charge in [0.25, 0.3) is 0 Å². The van der Waals surface area contributed by atoms with Crippen LogP contribution in [0, 0.1) is 10.8 Å². The quantitative estimate of drug-likeness (QED) is 0.273. The Bertz CT molecular complexity index is 1400. The van der Waals surface area contributed by atoms with Crippen LogP contribution < -0.4 is 0 Å². The molecule has 1 aliphatic carbocycles. The van der Waals surface area contributed by atoms with Gasteiger partial charge in [-0.2, -0.15) is 0 Å². The number of rotatable bonds is 6. The van der Waals surface area contributed by atoms with Gasteiger partial charge in [0.05, 0.1) is 0 Å². The first kappa shape index (κ1) is 24.0. The molecule has 3 heteroatoms. The van der Waals surface area contributed by atoms with Crippen LogP contribution in [0.4, 0.5) is 0 Å². The second-order valence-corrected chi connectivity index (χ2v) is 12.6. The molecule has 2 heterocycles. The molecule has 6 rings (SSSR count). The zero-order valence-electron chi connectivity index (χ0n) is 22.4. The van der Waals surface area contributed by atoms with Gasteiger partial charge in [-0.15, -0.1) is 0 Å². The molecule has 3 unspecified atom stereocenters. The van der Waals surface area contributed by atoms with Crippen molar-refractivity contribution in [2.24, 2.45) is 10.8 Å². The van der Waals surface area contributed by atoms with Crippen LogP contribution in [0.3, 0.4) is 0 Å². The third-order valence-electron chi connectivity index (χ3n) is 8.71. The van der Waals surface area contributed by atoms with Crippen LogP contribution in [0.2, 0.25) is 0 Å². The number of carbonyl (C=O) groups excluding carboxylic acids is 1. The van der Waals surface area contributed by atoms with Gasteiger partial charge in [0.15, 0.2) is 0 Å². The maximum absolute atomic E-state index is 14.1. The Morgan fingerprint density at radius 1 is 0.892 bits per heavy atom. The van der Waals surface area contributed by atoms with Crippen molar-refractivity contribution in [2.75, 3.05) is 6.54 Å². The van der Waals surface area contributed by atoms with Gasteiger partial charge in [-0.25, -0.2) is 0 Å². The van der Waals surface area contributed by atoms with Crippen molar-refractivity contribution in [1.29, 1.82) is 0 Å². The Hall–Kier alpha value is -3.33. The Morgan fingerprint density at radius 2 is 1.57 bits per heavy atom. The van der Waals surface area contributed by atoms with Crippen molar-refractivity contribution in [1.82, 2.24) is 9.47 Å². The molecule has 0 spiro atoms. The second-order valence-electron chi connectivity index (χ2n) is 12.6. The number of fused-ring (bicyclic) bond motifs is 3. The van der Waals surface area contributed by atoms with Crippen molar-refractivity contribution >= 4 is 16.8 Å². The molecule has 1 saturated carbocycles. The largest absolute Gasteiger partial charge is 0.343 e. The van der Waals surface area contributed by atoms with E-state index < -0.39 is 0 Å². The summed E-state index contributed by atoms with van der Waals surface area (Å²) in [6.45, 7) is 8.86. The average Bonchev–Trinajstić information content (AvgIpc) is 3.36. The van der Waals surface area contributed by atoms with Crippen LogP contribution in [0.1, 0.15) is 69.1 Å². The molecule has 37 heavy (non-hydrogen) atoms. The Labute approximate surface area is 221 Å². The number of likely N-dealkylation sites (tertiary alicyclic amines) is 1. The van der Waals surface area contributed by atoms with E-state index in [0.717, 1.165) is 25.9 Å². The summed E-state index contributed by atoms with van der Waals surface area (Å²) < 4.78 is 2.35. The van der Waals surface area contributed by atoms with Gasteiger partial charge in [0, 0.05) is 48.6 Å². The summed E-state index contributed by atoms with van der Waals surface area (Å²) in [6, 6.07) is 30.3. The number of aromatic nitrogens is 1. The molecule has 3 atom stereocenters. The number of carbonyl (C=O) groups is 1. The van der Waals surface area contributed by atoms with E-state index in [0.29, 0.717) is 23.8 Å². The van der Waals surface area contributed by atoms with Crippen LogP contribution in [0.15, 0.2) is 91.1 Å². The Balaban J connectivity index is 1.37. The topological polar surface area (TPSA) is 25.2 Å². The number of benzene rings is 3. The summed E-state index contributed by atoms with van der Waals surface area (Å²) in [7, 11) is 0. The highest BCUT2D eigenvalue weighted by Gasteiger charge is 2.51. The third-order valence-corrected chi connectivity index (χ3v) is 8.71. The van der Waals surface area contributed by atoms with Crippen molar-refractivity contribution in [3.05, 3.63) is 108 Å². The van der Waals surface area contributed by atoms with E-state index in [1.165, 1.54) is 34.0 Å². The van der Waals surface area contributed by atoms with E-state index in [1.54, 1.807) is 0 Å². The molecular formula is C34H38N2O. The van der Waals surface area contributed by atoms with Gasteiger partial charge in [0.1, 0.15) is 0 Å². The van der Waals surface area contributed by atoms with Crippen molar-refractivity contribution in [3.63, 3.8) is 0 Å². The molecular weight excluding hydrogens is 452 g/mol. The van der Waals surface area contributed by atoms with Gasteiger partial charge in [-0.3, -0.25) is 4.79 Å². The number of amides is 1. The zero-order chi connectivity index (χ0) is 25.6. The minimum absolute atomic E-state index is 0.0249. The first-order valence-electron chi connectivity index (χ1n) is 13.8. The predicted octanol–water partition coefficient (Wildman–Crippen LogP) is 7.64. The van der Waals surface area contributed by atoms with Gasteiger partial charge < -0.3 is 9.47 Å². The third kappa shape index (κ3) is 4.72. The highest BCUT2D eigenvalue weighted by molar-refractivity contribution is 5.87. The molecule has 3 nitrogen and oxygen atoms in total. The molecule has 0 N–H and O–H groups in total. The Kier molecular flexibility index (Phi) is 5.98. The summed E-state index contributed by atoms with van der Waals surface area (Å²) in [5.41, 5.74) is 5.52. The molecule has 190 valence electrons. The van der Waals surface area contributed by atoms with Gasteiger partial charge in [-0.1, -0.05) is 99.6 Å². The highest BCUT2D eigenvalue weighted by Crippen LogP contribution is 2.53. The van der Waals surface area contributed by atoms with Crippen LogP contribution in [-0.4, -0.2) is 28.0 Å². The summed E-state index contributed by atoms with van der Waals surface area (Å²) in [6.07, 6.45) is 6.27. The minimum atomic E-state index is 0.0249. The molecule has 1 amide bonds. The standard InChI is InChI=1S/C34H38N2O/c1-33(2)19-27-20-34(3,23-33)24-36(27)32(37)18-29(26-14-8-5-9-15-26)30-22-35(21-25-12-6-4-7-13-25)31-17-11-10-16-28(30)31/h4-17,22,27,29H,18-21,23-24H2,1-3H3. The minimum Gasteiger partial charge on any atom is -0.343 e. The normalized spacial score (nSPS) is 23.3. The summed E-state index contributed by atoms with van der Waals surface area (Å²) in [5, 5.41) is 1.24. The van der Waals surface area contributed by atoms with Crippen LogP contribution in [-0.2, 0) is 11.3 Å². The lowest BCUT2D eigenvalue weighted by Crippen LogP contribution is -2.38. The highest BCUT2D eigenvalue weighted by atomic mass is 16.2. The van der Waals surface area contributed by atoms with Gasteiger partial charge in [0.2, 0.25) is 5.91 Å². The first-order chi connectivity index (χ1) is 17.8. The van der Waals surface area contributed by atoms with Gasteiger partial charge >= 0.3 is 0 Å². The Morgan fingerprint density at radius 3 is 2.32 bits per heavy atom. The van der Waals surface area contributed by atoms with Crippen molar-refractivity contribution < 1.29 is 4.79 Å². The van der Waals surface area contributed by atoms with E-state index in [-0.39, 0.29) is 11.3 Å². The smallest absolute Gasteiger partial charge is 0.223 e. The monoisotopic (exact) mass is 490 g/mol. The first-order valence-corrected chi connectivity index (χ1v) is 13.8. The number of hydrogen-bond donors (Lipinski definition) is 0. The van der Waals surface area contributed by atoms with Crippen molar-refractivity contribution in [2.45, 2.75) is 65.0 Å². The average molecular weight is 491 g/mol. The fourth-order valence-corrected chi connectivity index (χ4v) is 7.60. The fourth-order valence-electron chi connectivity index (χ4n) is 7.60. The number of para-hydroxylation sites is 1. The van der Waals surface area contributed by atoms with Crippen LogP contribution in [0.5, 0.6) is 0 Å².